The summed E-state index contributed by atoms with van der Waals surface area (Å²) in [5.41, 5.74) is -0.491. The van der Waals surface area contributed by atoms with Crippen LogP contribution in [-0.4, -0.2) is 35.9 Å². The molecule has 2 heterocycles. The normalized spacial score (nSPS) is 14.5. The lowest BCUT2D eigenvalue weighted by atomic mass is 9.90. The van der Waals surface area contributed by atoms with Crippen LogP contribution in [0, 0.1) is 11.6 Å². The Balaban J connectivity index is 1.65. The number of aryl methyl sites for hydroxylation is 1. The monoisotopic (exact) mass is 436 g/mol. The Kier molecular flexibility index (Phi) is 7.63. The molecule has 0 spiro atoms. The second-order valence-corrected chi connectivity index (χ2v) is 9.45. The summed E-state index contributed by atoms with van der Waals surface area (Å²) in [7, 11) is 3.08. The molecule has 0 saturated heterocycles. The van der Waals surface area contributed by atoms with Crippen LogP contribution in [0.3, 0.4) is 0 Å². The minimum Gasteiger partial charge on any atom is -0.382 e. The second-order valence-electron chi connectivity index (χ2n) is 6.63. The zero-order valence-corrected chi connectivity index (χ0v) is 17.5. The molecule has 3 rings (SSSR count). The van der Waals surface area contributed by atoms with E-state index >= 15 is 0 Å². The van der Waals surface area contributed by atoms with Crippen LogP contribution in [0.15, 0.2) is 55.2 Å². The van der Waals surface area contributed by atoms with Crippen molar-refractivity contribution in [3.05, 3.63) is 78.1 Å². The average Bonchev–Trinajstić information content (AvgIpc) is 3.21. The first-order valence-corrected chi connectivity index (χ1v) is 11.6. The molecule has 5 nitrogen and oxygen atoms in total. The molecule has 9 heteroatoms. The van der Waals surface area contributed by atoms with Gasteiger partial charge in [-0.25, -0.2) is 18.4 Å². The number of hydrogen-bond acceptors (Lipinski definition) is 6. The predicted octanol–water partition coefficient (Wildman–Crippen LogP) is 4.24. The maximum atomic E-state index is 14.5. The molecule has 154 valence electrons. The Hall–Kier alpha value is -1.97. The molecule has 3 aromatic rings. The van der Waals surface area contributed by atoms with Gasteiger partial charge in [-0.05, 0) is 38.0 Å². The highest BCUT2D eigenvalue weighted by molar-refractivity contribution is 8.76. The van der Waals surface area contributed by atoms with Crippen molar-refractivity contribution in [1.29, 1.82) is 0 Å². The van der Waals surface area contributed by atoms with Crippen LogP contribution in [0.5, 0.6) is 0 Å². The number of halogens is 2. The van der Waals surface area contributed by atoms with Crippen molar-refractivity contribution in [3.8, 4) is 0 Å². The fourth-order valence-electron chi connectivity index (χ4n) is 2.92. The van der Waals surface area contributed by atoms with E-state index in [2.05, 4.69) is 15.1 Å². The van der Waals surface area contributed by atoms with E-state index in [-0.39, 0.29) is 17.4 Å². The van der Waals surface area contributed by atoms with Gasteiger partial charge in [0.25, 0.3) is 0 Å². The highest BCUT2D eigenvalue weighted by atomic mass is 33.1. The van der Waals surface area contributed by atoms with Crippen LogP contribution >= 0.6 is 21.6 Å². The number of pyridine rings is 1. The topological polar surface area (TPSA) is 63.8 Å². The average molecular weight is 437 g/mol. The summed E-state index contributed by atoms with van der Waals surface area (Å²) < 4.78 is 29.3. The molecule has 0 unspecified atom stereocenters. The van der Waals surface area contributed by atoms with Crippen molar-refractivity contribution < 1.29 is 13.9 Å². The Bertz CT molecular complexity index is 899. The van der Waals surface area contributed by atoms with E-state index in [0.29, 0.717) is 0 Å². The van der Waals surface area contributed by atoms with Gasteiger partial charge in [0.2, 0.25) is 0 Å². The second kappa shape index (κ2) is 10.2. The Morgan fingerprint density at radius 2 is 2.10 bits per heavy atom. The van der Waals surface area contributed by atoms with Crippen LogP contribution in [-0.2, 0) is 18.6 Å². The number of benzene rings is 1. The van der Waals surface area contributed by atoms with E-state index in [4.69, 9.17) is 0 Å². The molecular formula is C20H22F2N4OS2. The number of nitrogens with zero attached hydrogens (tertiary/aromatic N) is 4. The van der Waals surface area contributed by atoms with Crippen LogP contribution in [0.1, 0.15) is 24.6 Å². The summed E-state index contributed by atoms with van der Waals surface area (Å²) in [4.78, 5) is 8.19. The molecule has 0 saturated carbocycles. The van der Waals surface area contributed by atoms with Gasteiger partial charge < -0.3 is 5.11 Å². The molecule has 0 aliphatic rings. The molecule has 2 atom stereocenters. The molecule has 1 N–H and O–H groups in total. The third-order valence-electron chi connectivity index (χ3n) is 4.54. The lowest BCUT2D eigenvalue weighted by molar-refractivity contribution is 0.0137. The zero-order chi connectivity index (χ0) is 20.7. The van der Waals surface area contributed by atoms with Gasteiger partial charge in [-0.15, -0.1) is 0 Å². The quantitative estimate of drug-likeness (QED) is 0.379. The van der Waals surface area contributed by atoms with E-state index in [9.17, 15) is 13.9 Å². The Morgan fingerprint density at radius 3 is 2.79 bits per heavy atom. The first kappa shape index (κ1) is 21.7. The molecule has 29 heavy (non-hydrogen) atoms. The van der Waals surface area contributed by atoms with Crippen LogP contribution in [0.4, 0.5) is 8.78 Å². The van der Waals surface area contributed by atoms with Crippen molar-refractivity contribution in [2.75, 3.05) is 5.75 Å². The molecule has 1 aromatic carbocycles. The fraction of sp³-hybridized carbons (Fsp3) is 0.350. The lowest BCUT2D eigenvalue weighted by Crippen LogP contribution is -2.41. The number of rotatable bonds is 10. The smallest absolute Gasteiger partial charge is 0.137 e. The standard InChI is InChI=1S/C20H22F2N4OS2/c1-15(29-28-10-4-6-17-5-2-3-9-24-17)20(27,12-26-14-23-13-25-26)18-8-7-16(21)11-19(18)22/h2-3,5,7-9,11,13-15,27H,4,6,10,12H2,1H3/t15-,20-/m1/s1. The third-order valence-corrected chi connectivity index (χ3v) is 7.58. The van der Waals surface area contributed by atoms with Gasteiger partial charge in [0, 0.05) is 34.5 Å². The minimum absolute atomic E-state index is 0.0121. The summed E-state index contributed by atoms with van der Waals surface area (Å²) in [6, 6.07) is 9.09. The van der Waals surface area contributed by atoms with Crippen LogP contribution in [0.25, 0.3) is 0 Å². The molecule has 0 radical (unpaired) electrons. The van der Waals surface area contributed by atoms with Gasteiger partial charge in [0.15, 0.2) is 0 Å². The highest BCUT2D eigenvalue weighted by Crippen LogP contribution is 2.41. The lowest BCUT2D eigenvalue weighted by Gasteiger charge is -2.34. The summed E-state index contributed by atoms with van der Waals surface area (Å²) >= 11 is 0. The van der Waals surface area contributed by atoms with E-state index in [1.165, 1.54) is 34.2 Å². The molecule has 2 aromatic heterocycles. The SMILES string of the molecule is C[C@@H](SSCCCc1ccccn1)[C@](O)(Cn1cncn1)c1ccc(F)cc1F. The number of aliphatic hydroxyl groups is 1. The molecule has 0 aliphatic heterocycles. The minimum atomic E-state index is -1.58. The first-order valence-electron chi connectivity index (χ1n) is 9.17. The maximum absolute atomic E-state index is 14.5. The van der Waals surface area contributed by atoms with Crippen molar-refractivity contribution in [2.45, 2.75) is 37.2 Å². The fourth-order valence-corrected chi connectivity index (χ4v) is 5.58. The van der Waals surface area contributed by atoms with Crippen molar-refractivity contribution in [2.24, 2.45) is 0 Å². The first-order chi connectivity index (χ1) is 14.0. The van der Waals surface area contributed by atoms with E-state index in [1.807, 2.05) is 25.1 Å². The van der Waals surface area contributed by atoms with Gasteiger partial charge >= 0.3 is 0 Å². The largest absolute Gasteiger partial charge is 0.382 e. The molecular weight excluding hydrogens is 414 g/mol. The molecule has 0 bridgehead atoms. The Labute approximate surface area is 176 Å². The Morgan fingerprint density at radius 1 is 1.24 bits per heavy atom. The summed E-state index contributed by atoms with van der Waals surface area (Å²) in [6.07, 6.45) is 6.41. The van der Waals surface area contributed by atoms with Gasteiger partial charge in [-0.1, -0.05) is 33.7 Å². The third kappa shape index (κ3) is 5.77. The van der Waals surface area contributed by atoms with Crippen molar-refractivity contribution in [3.63, 3.8) is 0 Å². The van der Waals surface area contributed by atoms with Gasteiger partial charge in [0.1, 0.15) is 29.9 Å². The zero-order valence-electron chi connectivity index (χ0n) is 15.9. The molecule has 0 aliphatic carbocycles. The maximum Gasteiger partial charge on any atom is 0.137 e. The van der Waals surface area contributed by atoms with Crippen molar-refractivity contribution in [1.82, 2.24) is 19.7 Å². The van der Waals surface area contributed by atoms with E-state index in [1.54, 1.807) is 17.0 Å². The van der Waals surface area contributed by atoms with Gasteiger partial charge in [-0.3, -0.25) is 4.98 Å². The summed E-state index contributed by atoms with van der Waals surface area (Å²) in [6.45, 7) is 1.84. The molecule has 0 amide bonds. The van der Waals surface area contributed by atoms with Crippen LogP contribution < -0.4 is 0 Å². The number of hydrogen-bond donors (Lipinski definition) is 1. The van der Waals surface area contributed by atoms with E-state index < -0.39 is 17.2 Å². The van der Waals surface area contributed by atoms with E-state index in [0.717, 1.165) is 36.4 Å². The van der Waals surface area contributed by atoms with Crippen molar-refractivity contribution >= 4 is 21.6 Å². The summed E-state index contributed by atoms with van der Waals surface area (Å²) in [5, 5.41) is 15.1. The predicted molar refractivity (Wildman–Crippen MR) is 112 cm³/mol. The summed E-state index contributed by atoms with van der Waals surface area (Å²) in [5.74, 6) is -0.601. The van der Waals surface area contributed by atoms with Crippen LogP contribution in [0.2, 0.25) is 0 Å². The van der Waals surface area contributed by atoms with Gasteiger partial charge in [0.05, 0.1) is 6.54 Å². The molecule has 0 fully saturated rings. The highest BCUT2D eigenvalue weighted by Gasteiger charge is 2.39. The number of aromatic nitrogens is 4. The van der Waals surface area contributed by atoms with Gasteiger partial charge in [-0.2, -0.15) is 5.10 Å².